The summed E-state index contributed by atoms with van der Waals surface area (Å²) in [5.74, 6) is 0.895. The molecular formula is C30H30N2O7S3. The lowest BCUT2D eigenvalue weighted by atomic mass is 9.88. The van der Waals surface area contributed by atoms with Crippen LogP contribution in [0.25, 0.3) is 6.08 Å². The molecule has 0 spiro atoms. The van der Waals surface area contributed by atoms with E-state index in [1.807, 2.05) is 0 Å². The van der Waals surface area contributed by atoms with E-state index < -0.39 is 11.9 Å². The lowest BCUT2D eigenvalue weighted by Crippen LogP contribution is -2.27. The fourth-order valence-corrected chi connectivity index (χ4v) is 7.47. The Morgan fingerprint density at radius 3 is 2.83 bits per heavy atom. The van der Waals surface area contributed by atoms with Crippen LogP contribution in [-0.4, -0.2) is 47.3 Å². The summed E-state index contributed by atoms with van der Waals surface area (Å²) < 4.78 is 22.4. The molecule has 12 heteroatoms. The molecule has 42 heavy (non-hydrogen) atoms. The number of fused-ring (bicyclic) bond motifs is 1. The van der Waals surface area contributed by atoms with Gasteiger partial charge in [-0.15, -0.1) is 11.3 Å². The first-order valence-corrected chi connectivity index (χ1v) is 15.5. The quantitative estimate of drug-likeness (QED) is 0.163. The van der Waals surface area contributed by atoms with Gasteiger partial charge in [0.2, 0.25) is 0 Å². The van der Waals surface area contributed by atoms with E-state index >= 15 is 0 Å². The molecular weight excluding hydrogens is 597 g/mol. The zero-order valence-corrected chi connectivity index (χ0v) is 25.8. The second kappa shape index (κ2) is 13.1. The SMILES string of the molecule is CCOC(=O)c1c(NC(=O)COc2ccc(/C=C3\SC(=S)N(Cc4ccco4)C3=O)cc2OC)sc2c1CCC(C)C2. The van der Waals surface area contributed by atoms with Gasteiger partial charge in [0, 0.05) is 4.88 Å². The Kier molecular flexibility index (Phi) is 9.34. The van der Waals surface area contributed by atoms with Gasteiger partial charge in [-0.25, -0.2) is 4.79 Å². The minimum atomic E-state index is -0.420. The van der Waals surface area contributed by atoms with Gasteiger partial charge in [-0.1, -0.05) is 37.0 Å². The third-order valence-electron chi connectivity index (χ3n) is 6.86. The van der Waals surface area contributed by atoms with Crippen LogP contribution in [0.3, 0.4) is 0 Å². The Morgan fingerprint density at radius 1 is 1.26 bits per heavy atom. The van der Waals surface area contributed by atoms with Gasteiger partial charge >= 0.3 is 5.97 Å². The number of rotatable bonds is 10. The Morgan fingerprint density at radius 2 is 2.10 bits per heavy atom. The Labute approximate surface area is 257 Å². The number of esters is 1. The van der Waals surface area contributed by atoms with Crippen LogP contribution in [0.4, 0.5) is 5.00 Å². The summed E-state index contributed by atoms with van der Waals surface area (Å²) in [7, 11) is 1.50. The summed E-state index contributed by atoms with van der Waals surface area (Å²) in [4.78, 5) is 41.7. The van der Waals surface area contributed by atoms with Crippen molar-refractivity contribution in [2.75, 3.05) is 25.6 Å². The smallest absolute Gasteiger partial charge is 0.341 e. The number of carbonyl (C=O) groups excluding carboxylic acids is 3. The molecule has 1 unspecified atom stereocenters. The largest absolute Gasteiger partial charge is 0.493 e. The van der Waals surface area contributed by atoms with Gasteiger partial charge in [0.25, 0.3) is 11.8 Å². The number of benzene rings is 1. The van der Waals surface area contributed by atoms with Crippen molar-refractivity contribution in [3.05, 3.63) is 68.8 Å². The first-order valence-electron chi connectivity index (χ1n) is 13.5. The van der Waals surface area contributed by atoms with Crippen LogP contribution < -0.4 is 14.8 Å². The van der Waals surface area contributed by atoms with E-state index in [0.717, 1.165) is 29.7 Å². The minimum absolute atomic E-state index is 0.204. The van der Waals surface area contributed by atoms with Gasteiger partial charge in [0.1, 0.15) is 15.1 Å². The van der Waals surface area contributed by atoms with Crippen molar-refractivity contribution in [1.82, 2.24) is 4.90 Å². The molecule has 1 N–H and O–H groups in total. The number of nitrogens with one attached hydrogen (secondary N) is 1. The normalized spacial score (nSPS) is 17.4. The van der Waals surface area contributed by atoms with E-state index in [4.69, 9.17) is 30.8 Å². The fraction of sp³-hybridized carbons (Fsp3) is 0.333. The van der Waals surface area contributed by atoms with Gasteiger partial charge in [-0.05, 0) is 73.6 Å². The van der Waals surface area contributed by atoms with Crippen molar-refractivity contribution in [1.29, 1.82) is 0 Å². The number of amides is 2. The van der Waals surface area contributed by atoms with E-state index in [9.17, 15) is 14.4 Å². The van der Waals surface area contributed by atoms with Crippen molar-refractivity contribution in [3.8, 4) is 11.5 Å². The lowest BCUT2D eigenvalue weighted by molar-refractivity contribution is -0.122. The van der Waals surface area contributed by atoms with E-state index in [0.29, 0.717) is 48.5 Å². The number of ether oxygens (including phenoxy) is 3. The van der Waals surface area contributed by atoms with Crippen LogP contribution in [0.15, 0.2) is 45.9 Å². The fourth-order valence-electron chi connectivity index (χ4n) is 4.80. The molecule has 1 aliphatic heterocycles. The maximum absolute atomic E-state index is 13.0. The Bertz CT molecular complexity index is 1540. The van der Waals surface area contributed by atoms with Crippen LogP contribution in [0.5, 0.6) is 11.5 Å². The van der Waals surface area contributed by atoms with Gasteiger partial charge < -0.3 is 23.9 Å². The number of hydrogen-bond donors (Lipinski definition) is 1. The standard InChI is InChI=1S/C30H30N2O7S3/c1-4-37-29(35)26-20-9-7-17(2)12-23(20)41-27(26)31-25(33)16-39-21-10-8-18(13-22(21)36-3)14-24-28(34)32(30(40)42-24)15-19-6-5-11-38-19/h5-6,8,10-11,13-14,17H,4,7,9,12,15-16H2,1-3H3,(H,31,33)/b24-14-. The summed E-state index contributed by atoms with van der Waals surface area (Å²) in [6.07, 6.45) is 5.93. The third kappa shape index (κ3) is 6.55. The number of thiophene rings is 1. The molecule has 0 radical (unpaired) electrons. The van der Waals surface area contributed by atoms with Crippen LogP contribution in [-0.2, 0) is 33.7 Å². The van der Waals surface area contributed by atoms with Crippen molar-refractivity contribution in [2.45, 2.75) is 39.7 Å². The molecule has 2 amide bonds. The highest BCUT2D eigenvalue weighted by Gasteiger charge is 2.33. The van der Waals surface area contributed by atoms with Crippen LogP contribution in [0.1, 0.15) is 52.4 Å². The van der Waals surface area contributed by atoms with E-state index in [1.165, 1.54) is 35.1 Å². The van der Waals surface area contributed by atoms with Gasteiger partial charge in [-0.3, -0.25) is 14.5 Å². The minimum Gasteiger partial charge on any atom is -0.493 e. The Balaban J connectivity index is 1.25. The second-order valence-electron chi connectivity index (χ2n) is 9.87. The maximum Gasteiger partial charge on any atom is 0.341 e. The monoisotopic (exact) mass is 626 g/mol. The lowest BCUT2D eigenvalue weighted by Gasteiger charge is -2.18. The van der Waals surface area contributed by atoms with Crippen molar-refractivity contribution >= 4 is 68.5 Å². The highest BCUT2D eigenvalue weighted by molar-refractivity contribution is 8.26. The zero-order valence-electron chi connectivity index (χ0n) is 23.4. The summed E-state index contributed by atoms with van der Waals surface area (Å²) in [6.45, 7) is 4.18. The predicted octanol–water partition coefficient (Wildman–Crippen LogP) is 6.07. The maximum atomic E-state index is 13.0. The van der Waals surface area contributed by atoms with E-state index in [1.54, 1.807) is 49.6 Å². The first kappa shape index (κ1) is 29.9. The summed E-state index contributed by atoms with van der Waals surface area (Å²) in [5, 5.41) is 3.35. The second-order valence-corrected chi connectivity index (χ2v) is 12.7. The number of anilines is 1. The van der Waals surface area contributed by atoms with E-state index in [2.05, 4.69) is 12.2 Å². The topological polar surface area (TPSA) is 107 Å². The van der Waals surface area contributed by atoms with Crippen molar-refractivity contribution in [3.63, 3.8) is 0 Å². The molecule has 1 saturated heterocycles. The number of hydrogen-bond acceptors (Lipinski definition) is 10. The number of thioether (sulfide) groups is 1. The van der Waals surface area contributed by atoms with Crippen molar-refractivity contribution < 1.29 is 33.0 Å². The molecule has 2 aliphatic rings. The van der Waals surface area contributed by atoms with Crippen molar-refractivity contribution in [2.24, 2.45) is 5.92 Å². The van der Waals surface area contributed by atoms with Gasteiger partial charge in [-0.2, -0.15) is 0 Å². The first-order chi connectivity index (χ1) is 20.3. The Hall–Kier alpha value is -3.61. The number of methoxy groups -OCH3 is 1. The van der Waals surface area contributed by atoms with Gasteiger partial charge in [0.15, 0.2) is 18.1 Å². The van der Waals surface area contributed by atoms with Crippen LogP contribution >= 0.6 is 35.3 Å². The number of furan rings is 1. The zero-order chi connectivity index (χ0) is 29.8. The summed E-state index contributed by atoms with van der Waals surface area (Å²) in [5.41, 5.74) is 2.14. The molecule has 3 aromatic rings. The highest BCUT2D eigenvalue weighted by Crippen LogP contribution is 2.40. The van der Waals surface area contributed by atoms with E-state index in [-0.39, 0.29) is 25.7 Å². The highest BCUT2D eigenvalue weighted by atomic mass is 32.2. The molecule has 0 bridgehead atoms. The molecule has 220 valence electrons. The molecule has 5 rings (SSSR count). The third-order valence-corrected chi connectivity index (χ3v) is 9.40. The predicted molar refractivity (Wildman–Crippen MR) is 166 cm³/mol. The number of thiocarbonyl (C=S) groups is 1. The molecule has 1 aromatic carbocycles. The average molecular weight is 627 g/mol. The molecule has 2 aromatic heterocycles. The molecule has 1 atom stereocenters. The summed E-state index contributed by atoms with van der Waals surface area (Å²) >= 11 is 8.05. The molecule has 0 saturated carbocycles. The molecule has 9 nitrogen and oxygen atoms in total. The molecule has 1 fully saturated rings. The molecule has 1 aliphatic carbocycles. The molecule has 3 heterocycles. The van der Waals surface area contributed by atoms with Crippen LogP contribution in [0, 0.1) is 5.92 Å². The number of nitrogens with zero attached hydrogens (tertiary/aromatic N) is 1. The van der Waals surface area contributed by atoms with Gasteiger partial charge in [0.05, 0.1) is 37.0 Å². The summed E-state index contributed by atoms with van der Waals surface area (Å²) in [6, 6.07) is 8.72. The average Bonchev–Trinajstić information content (AvgIpc) is 3.67. The number of carbonyl (C=O) groups is 3. The van der Waals surface area contributed by atoms with Crippen LogP contribution in [0.2, 0.25) is 0 Å².